The topological polar surface area (TPSA) is 95.7 Å². The maximum Gasteiger partial charge on any atom is 0.275 e. The first-order chi connectivity index (χ1) is 17.4. The van der Waals surface area contributed by atoms with Crippen molar-refractivity contribution in [3.63, 3.8) is 0 Å². The minimum absolute atomic E-state index is 0.0126. The largest absolute Gasteiger partial charge is 0.507 e. The molecule has 3 N–H and O–H groups in total. The van der Waals surface area contributed by atoms with Crippen LogP contribution in [0.15, 0.2) is 84.0 Å². The summed E-state index contributed by atoms with van der Waals surface area (Å²) in [4.78, 5) is 25.2. The van der Waals surface area contributed by atoms with Crippen LogP contribution in [0.2, 0.25) is 0 Å². The number of fused-ring (bicyclic) bond motifs is 4. The average Bonchev–Trinajstić information content (AvgIpc) is 3.19. The van der Waals surface area contributed by atoms with E-state index in [0.717, 1.165) is 39.1 Å². The van der Waals surface area contributed by atoms with Crippen LogP contribution in [-0.2, 0) is 11.3 Å². The molecule has 1 heterocycles. The molecule has 0 bridgehead atoms. The van der Waals surface area contributed by atoms with Crippen LogP contribution in [0.4, 0.5) is 5.69 Å². The number of aryl methyl sites for hydroxylation is 1. The number of phenolic OH excluding ortho intramolecular Hbond substituents is 1. The monoisotopic (exact) mass is 478 g/mol. The average molecular weight is 479 g/mol. The van der Waals surface area contributed by atoms with Gasteiger partial charge in [-0.2, -0.15) is 5.10 Å². The number of nitrogens with zero attached hydrogens (tertiary/aromatic N) is 2. The molecule has 0 atom stereocenters. The number of carbonyl (C=O) groups is 2. The van der Waals surface area contributed by atoms with Crippen LogP contribution < -0.4 is 10.7 Å². The van der Waals surface area contributed by atoms with Crippen molar-refractivity contribution in [1.82, 2.24) is 9.99 Å². The molecule has 0 unspecified atom stereocenters. The van der Waals surface area contributed by atoms with Crippen molar-refractivity contribution in [2.75, 3.05) is 5.32 Å². The third-order valence-corrected chi connectivity index (χ3v) is 6.25. The molecule has 0 saturated heterocycles. The van der Waals surface area contributed by atoms with Gasteiger partial charge >= 0.3 is 0 Å². The van der Waals surface area contributed by atoms with E-state index >= 15 is 0 Å². The van der Waals surface area contributed by atoms with E-state index in [1.807, 2.05) is 54.6 Å². The highest BCUT2D eigenvalue weighted by molar-refractivity contribution is 6.11. The van der Waals surface area contributed by atoms with Crippen molar-refractivity contribution in [3.8, 4) is 5.75 Å². The number of anilines is 1. The lowest BCUT2D eigenvalue weighted by Gasteiger charge is -2.08. The molecule has 0 fully saturated rings. The molecule has 0 aliphatic rings. The number of benzene rings is 4. The molecule has 5 aromatic rings. The van der Waals surface area contributed by atoms with E-state index in [2.05, 4.69) is 39.5 Å². The number of hydrogen-bond acceptors (Lipinski definition) is 4. The highest BCUT2D eigenvalue weighted by Crippen LogP contribution is 2.31. The summed E-state index contributed by atoms with van der Waals surface area (Å²) in [5.41, 5.74) is 5.97. The number of para-hydroxylation sites is 1. The first-order valence-electron chi connectivity index (χ1n) is 11.8. The van der Waals surface area contributed by atoms with Gasteiger partial charge in [-0.05, 0) is 61.0 Å². The van der Waals surface area contributed by atoms with Gasteiger partial charge < -0.3 is 15.0 Å². The van der Waals surface area contributed by atoms with Gasteiger partial charge in [0.15, 0.2) is 0 Å². The molecule has 7 heteroatoms. The molecule has 0 spiro atoms. The van der Waals surface area contributed by atoms with Gasteiger partial charge in [0.1, 0.15) is 5.75 Å². The van der Waals surface area contributed by atoms with Crippen LogP contribution in [0.5, 0.6) is 5.75 Å². The summed E-state index contributed by atoms with van der Waals surface area (Å²) >= 11 is 0. The molecule has 0 radical (unpaired) electrons. The number of aromatic nitrogens is 1. The summed E-state index contributed by atoms with van der Waals surface area (Å²) in [7, 11) is 0. The molecule has 180 valence electrons. The van der Waals surface area contributed by atoms with Crippen molar-refractivity contribution in [2.45, 2.75) is 26.8 Å². The van der Waals surface area contributed by atoms with Crippen molar-refractivity contribution >= 4 is 55.8 Å². The van der Waals surface area contributed by atoms with E-state index in [9.17, 15) is 14.7 Å². The molecular weight excluding hydrogens is 452 g/mol. The Kier molecular flexibility index (Phi) is 6.12. The summed E-state index contributed by atoms with van der Waals surface area (Å²) < 4.78 is 2.25. The van der Waals surface area contributed by atoms with E-state index < -0.39 is 5.91 Å². The Morgan fingerprint density at radius 3 is 2.36 bits per heavy atom. The summed E-state index contributed by atoms with van der Waals surface area (Å²) in [5.74, 6) is -0.912. The van der Waals surface area contributed by atoms with Crippen LogP contribution in [0.25, 0.3) is 32.6 Å². The minimum Gasteiger partial charge on any atom is -0.507 e. The fourth-order valence-electron chi connectivity index (χ4n) is 4.57. The van der Waals surface area contributed by atoms with Crippen LogP contribution in [0.3, 0.4) is 0 Å². The van der Waals surface area contributed by atoms with Crippen molar-refractivity contribution in [2.24, 2.45) is 5.10 Å². The molecular formula is C29H26N4O3. The third kappa shape index (κ3) is 4.38. The second-order valence-corrected chi connectivity index (χ2v) is 8.72. The first-order valence-corrected chi connectivity index (χ1v) is 11.8. The molecule has 0 aliphatic carbocycles. The summed E-state index contributed by atoms with van der Waals surface area (Å²) in [5, 5.41) is 21.1. The first kappa shape index (κ1) is 23.1. The zero-order valence-corrected chi connectivity index (χ0v) is 20.1. The van der Waals surface area contributed by atoms with Crippen molar-refractivity contribution in [1.29, 1.82) is 0 Å². The highest BCUT2D eigenvalue weighted by Gasteiger charge is 2.14. The number of hydrazone groups is 1. The Labute approximate surface area is 208 Å². The highest BCUT2D eigenvalue weighted by atomic mass is 16.3. The number of rotatable bonds is 6. The third-order valence-electron chi connectivity index (χ3n) is 6.25. The lowest BCUT2D eigenvalue weighted by atomic mass is 10.1. The number of aromatic hydroxyl groups is 1. The Morgan fingerprint density at radius 2 is 1.58 bits per heavy atom. The number of nitrogens with one attached hydrogen (secondary N) is 2. The molecule has 4 aromatic carbocycles. The molecule has 1 aromatic heterocycles. The summed E-state index contributed by atoms with van der Waals surface area (Å²) in [6.07, 6.45) is 0.0126. The van der Waals surface area contributed by atoms with Gasteiger partial charge in [-0.15, -0.1) is 0 Å². The minimum atomic E-state index is -0.546. The number of hydrogen-bond donors (Lipinski definition) is 3. The molecule has 0 saturated carbocycles. The number of carbonyl (C=O) groups excluding carboxylic acids is 2. The molecule has 5 rings (SSSR count). The second kappa shape index (κ2) is 9.54. The SMILES string of the molecule is CCn1c2ccccc2c2cc(NC(=O)C/C(C)=N\NC(=O)c3cc4ccccc4cc3O)ccc21. The predicted molar refractivity (Wildman–Crippen MR) is 145 cm³/mol. The normalized spacial score (nSPS) is 11.8. The number of phenols is 1. The fourth-order valence-corrected chi connectivity index (χ4v) is 4.57. The number of amides is 2. The quantitative estimate of drug-likeness (QED) is 0.212. The fraction of sp³-hybridized carbons (Fsp3) is 0.138. The predicted octanol–water partition coefficient (Wildman–Crippen LogP) is 5.81. The van der Waals surface area contributed by atoms with Gasteiger partial charge in [0.2, 0.25) is 5.91 Å². The molecule has 36 heavy (non-hydrogen) atoms. The van der Waals surface area contributed by atoms with E-state index in [1.54, 1.807) is 19.1 Å². The van der Waals surface area contributed by atoms with Crippen molar-refractivity contribution < 1.29 is 14.7 Å². The Morgan fingerprint density at radius 1 is 0.889 bits per heavy atom. The summed E-state index contributed by atoms with van der Waals surface area (Å²) in [6.45, 7) is 4.63. The maximum absolute atomic E-state index is 12.6. The smallest absolute Gasteiger partial charge is 0.275 e. The van der Waals surface area contributed by atoms with Gasteiger partial charge in [0, 0.05) is 39.7 Å². The van der Waals surface area contributed by atoms with Gasteiger partial charge in [-0.25, -0.2) is 5.43 Å². The van der Waals surface area contributed by atoms with Gasteiger partial charge in [0.25, 0.3) is 5.91 Å². The van der Waals surface area contributed by atoms with E-state index in [-0.39, 0.29) is 23.6 Å². The van der Waals surface area contributed by atoms with E-state index in [0.29, 0.717) is 11.4 Å². The lowest BCUT2D eigenvalue weighted by Crippen LogP contribution is -2.21. The van der Waals surface area contributed by atoms with Gasteiger partial charge in [-0.3, -0.25) is 9.59 Å². The lowest BCUT2D eigenvalue weighted by molar-refractivity contribution is -0.115. The van der Waals surface area contributed by atoms with Gasteiger partial charge in [0.05, 0.1) is 12.0 Å². The van der Waals surface area contributed by atoms with Gasteiger partial charge in [-0.1, -0.05) is 42.5 Å². The Bertz CT molecular complexity index is 1670. The van der Waals surface area contributed by atoms with E-state index in [4.69, 9.17) is 0 Å². The molecule has 0 aliphatic heterocycles. The van der Waals surface area contributed by atoms with Crippen LogP contribution >= 0.6 is 0 Å². The van der Waals surface area contributed by atoms with Crippen molar-refractivity contribution in [3.05, 3.63) is 84.4 Å². The van der Waals surface area contributed by atoms with Crippen LogP contribution in [0, 0.1) is 0 Å². The molecule has 7 nitrogen and oxygen atoms in total. The Hall–Kier alpha value is -4.65. The standard InChI is InChI=1S/C29H26N4O3/c1-3-33-25-11-7-6-10-22(25)23-17-21(12-13-26(23)33)30-28(35)14-18(2)31-32-29(36)24-15-19-8-4-5-9-20(19)16-27(24)34/h4-13,15-17,34H,3,14H2,1-2H3,(H,30,35)(H,32,36)/b31-18-. The van der Waals surface area contributed by atoms with E-state index in [1.165, 1.54) is 0 Å². The zero-order valence-electron chi connectivity index (χ0n) is 20.1. The zero-order chi connectivity index (χ0) is 25.2. The van der Waals surface area contributed by atoms with Crippen LogP contribution in [0.1, 0.15) is 30.6 Å². The second-order valence-electron chi connectivity index (χ2n) is 8.72. The van der Waals surface area contributed by atoms with Crippen LogP contribution in [-0.4, -0.2) is 27.2 Å². The Balaban J connectivity index is 1.27. The maximum atomic E-state index is 12.6. The summed E-state index contributed by atoms with van der Waals surface area (Å²) in [6, 6.07) is 24.7. The molecule has 2 amide bonds.